The maximum Gasteiger partial charge on any atom is 0.289 e. The molecule has 0 spiro atoms. The zero-order chi connectivity index (χ0) is 14.7. The van der Waals surface area contributed by atoms with Crippen LogP contribution in [0.4, 0.5) is 11.5 Å². The topological polar surface area (TPSA) is 91.8 Å². The van der Waals surface area contributed by atoms with Crippen LogP contribution in [0.15, 0.2) is 12.3 Å². The number of hydrogen-bond donors (Lipinski definition) is 1. The quantitative estimate of drug-likeness (QED) is 0.675. The van der Waals surface area contributed by atoms with Crippen molar-refractivity contribution in [2.75, 3.05) is 5.32 Å². The number of nitriles is 1. The highest BCUT2D eigenvalue weighted by Gasteiger charge is 2.25. The van der Waals surface area contributed by atoms with Crippen molar-refractivity contribution in [3.8, 4) is 6.07 Å². The number of nitrogens with zero attached hydrogens (tertiary/aromatic N) is 3. The molecular formula is C14H18N4O2. The van der Waals surface area contributed by atoms with Crippen LogP contribution in [0.2, 0.25) is 0 Å². The molecule has 0 saturated heterocycles. The van der Waals surface area contributed by atoms with Gasteiger partial charge in [-0.05, 0) is 31.1 Å². The number of rotatable bonds is 3. The molecule has 2 atom stereocenters. The van der Waals surface area contributed by atoms with Crippen LogP contribution in [0.25, 0.3) is 0 Å². The molecule has 0 aromatic carbocycles. The molecule has 1 aliphatic carbocycles. The third kappa shape index (κ3) is 3.23. The molecule has 106 valence electrons. The Balaban J connectivity index is 2.17. The summed E-state index contributed by atoms with van der Waals surface area (Å²) in [6.07, 6.45) is 4.48. The number of anilines is 1. The summed E-state index contributed by atoms with van der Waals surface area (Å²) >= 11 is 0. The van der Waals surface area contributed by atoms with Gasteiger partial charge < -0.3 is 5.32 Å². The Morgan fingerprint density at radius 1 is 1.40 bits per heavy atom. The summed E-state index contributed by atoms with van der Waals surface area (Å²) in [5, 5.41) is 23.1. The summed E-state index contributed by atoms with van der Waals surface area (Å²) < 4.78 is 0. The Morgan fingerprint density at radius 2 is 2.05 bits per heavy atom. The van der Waals surface area contributed by atoms with E-state index in [1.807, 2.05) is 6.07 Å². The van der Waals surface area contributed by atoms with E-state index in [4.69, 9.17) is 5.26 Å². The molecule has 6 nitrogen and oxygen atoms in total. The molecule has 1 aliphatic rings. The minimum atomic E-state index is -0.539. The van der Waals surface area contributed by atoms with E-state index in [0.29, 0.717) is 17.7 Å². The molecule has 20 heavy (non-hydrogen) atoms. The fraction of sp³-hybridized carbons (Fsp3) is 0.571. The lowest BCUT2D eigenvalue weighted by atomic mass is 9.80. The van der Waals surface area contributed by atoms with Gasteiger partial charge in [0, 0.05) is 12.1 Å². The number of nitro groups is 1. The summed E-state index contributed by atoms with van der Waals surface area (Å²) in [6, 6.07) is 3.52. The highest BCUT2D eigenvalue weighted by Crippen LogP contribution is 2.31. The van der Waals surface area contributed by atoms with Crippen molar-refractivity contribution in [1.82, 2.24) is 4.98 Å². The Morgan fingerprint density at radius 3 is 2.60 bits per heavy atom. The minimum absolute atomic E-state index is 0.155. The maximum absolute atomic E-state index is 10.7. The summed E-state index contributed by atoms with van der Waals surface area (Å²) in [7, 11) is 0. The van der Waals surface area contributed by atoms with Crippen LogP contribution < -0.4 is 5.32 Å². The lowest BCUT2D eigenvalue weighted by molar-refractivity contribution is -0.385. The van der Waals surface area contributed by atoms with Gasteiger partial charge in [-0.2, -0.15) is 5.26 Å². The molecule has 2 rings (SSSR count). The van der Waals surface area contributed by atoms with Gasteiger partial charge in [0.1, 0.15) is 23.6 Å². The first-order valence-corrected chi connectivity index (χ1v) is 6.80. The van der Waals surface area contributed by atoms with E-state index in [-0.39, 0.29) is 17.3 Å². The fourth-order valence-electron chi connectivity index (χ4n) is 3.01. The van der Waals surface area contributed by atoms with Crippen molar-refractivity contribution < 1.29 is 4.92 Å². The second kappa shape index (κ2) is 5.87. The fourth-order valence-corrected chi connectivity index (χ4v) is 3.01. The largest absolute Gasteiger partial charge is 0.366 e. The van der Waals surface area contributed by atoms with Crippen molar-refractivity contribution in [1.29, 1.82) is 5.26 Å². The van der Waals surface area contributed by atoms with E-state index in [2.05, 4.69) is 24.1 Å². The van der Waals surface area contributed by atoms with Gasteiger partial charge in [-0.25, -0.2) is 4.98 Å². The molecule has 1 fully saturated rings. The molecule has 2 unspecified atom stereocenters. The Hall–Kier alpha value is -2.16. The minimum Gasteiger partial charge on any atom is -0.366 e. The van der Waals surface area contributed by atoms with E-state index in [1.165, 1.54) is 18.7 Å². The molecule has 1 aromatic rings. The first-order chi connectivity index (χ1) is 9.49. The molecule has 1 N–H and O–H groups in total. The normalized spacial score (nSPS) is 25.8. The zero-order valence-electron chi connectivity index (χ0n) is 11.7. The number of pyridine rings is 1. The maximum atomic E-state index is 10.7. The third-order valence-corrected chi connectivity index (χ3v) is 3.72. The number of hydrogen-bond acceptors (Lipinski definition) is 5. The van der Waals surface area contributed by atoms with E-state index >= 15 is 0 Å². The molecule has 1 saturated carbocycles. The van der Waals surface area contributed by atoms with Crippen LogP contribution in [-0.4, -0.2) is 15.9 Å². The third-order valence-electron chi connectivity index (χ3n) is 3.72. The number of nitrogens with one attached hydrogen (secondary N) is 1. The second-order valence-electron chi connectivity index (χ2n) is 5.72. The first-order valence-electron chi connectivity index (χ1n) is 6.80. The SMILES string of the molecule is CC1CC(C)CC(Nc2ncc([N+](=O)[O-])cc2C#N)C1. The summed E-state index contributed by atoms with van der Waals surface area (Å²) in [5.41, 5.74) is 0.0718. The Labute approximate surface area is 118 Å². The van der Waals surface area contributed by atoms with Gasteiger partial charge in [-0.15, -0.1) is 0 Å². The molecular weight excluding hydrogens is 256 g/mol. The highest BCUT2D eigenvalue weighted by molar-refractivity contribution is 5.56. The molecule has 0 aliphatic heterocycles. The van der Waals surface area contributed by atoms with E-state index in [0.717, 1.165) is 12.8 Å². The van der Waals surface area contributed by atoms with Crippen molar-refractivity contribution >= 4 is 11.5 Å². The predicted molar refractivity (Wildman–Crippen MR) is 75.2 cm³/mol. The van der Waals surface area contributed by atoms with Crippen molar-refractivity contribution in [3.05, 3.63) is 27.9 Å². The van der Waals surface area contributed by atoms with Crippen LogP contribution in [-0.2, 0) is 0 Å². The van der Waals surface area contributed by atoms with Crippen LogP contribution in [0, 0.1) is 33.3 Å². The summed E-state index contributed by atoms with van der Waals surface area (Å²) in [5.74, 6) is 1.73. The summed E-state index contributed by atoms with van der Waals surface area (Å²) in [4.78, 5) is 14.2. The van der Waals surface area contributed by atoms with Crippen LogP contribution >= 0.6 is 0 Å². The van der Waals surface area contributed by atoms with Gasteiger partial charge in [-0.1, -0.05) is 13.8 Å². The highest BCUT2D eigenvalue weighted by atomic mass is 16.6. The van der Waals surface area contributed by atoms with E-state index in [9.17, 15) is 10.1 Å². The molecule has 0 amide bonds. The average Bonchev–Trinajstić information content (AvgIpc) is 2.37. The predicted octanol–water partition coefficient (Wildman–Crippen LogP) is 3.10. The monoisotopic (exact) mass is 274 g/mol. The lowest BCUT2D eigenvalue weighted by Gasteiger charge is -2.32. The van der Waals surface area contributed by atoms with E-state index in [1.54, 1.807) is 0 Å². The van der Waals surface area contributed by atoms with Gasteiger partial charge in [0.25, 0.3) is 5.69 Å². The van der Waals surface area contributed by atoms with Crippen LogP contribution in [0.5, 0.6) is 0 Å². The molecule has 1 aromatic heterocycles. The smallest absolute Gasteiger partial charge is 0.289 e. The van der Waals surface area contributed by atoms with Crippen molar-refractivity contribution in [3.63, 3.8) is 0 Å². The molecule has 0 bridgehead atoms. The zero-order valence-corrected chi connectivity index (χ0v) is 11.7. The molecule has 0 radical (unpaired) electrons. The van der Waals surface area contributed by atoms with Gasteiger partial charge in [0.15, 0.2) is 0 Å². The van der Waals surface area contributed by atoms with Crippen LogP contribution in [0.1, 0.15) is 38.7 Å². The second-order valence-corrected chi connectivity index (χ2v) is 5.72. The van der Waals surface area contributed by atoms with Crippen molar-refractivity contribution in [2.45, 2.75) is 39.2 Å². The van der Waals surface area contributed by atoms with Gasteiger partial charge in [0.2, 0.25) is 0 Å². The van der Waals surface area contributed by atoms with Gasteiger partial charge in [0.05, 0.1) is 4.92 Å². The summed E-state index contributed by atoms with van der Waals surface area (Å²) in [6.45, 7) is 4.44. The number of aromatic nitrogens is 1. The Bertz CT molecular complexity index is 543. The standard InChI is InChI=1S/C14H18N4O2/c1-9-3-10(2)5-12(4-9)17-14-11(7-15)6-13(8-16-14)18(19)20/h6,8-10,12H,3-5H2,1-2H3,(H,16,17). The Kier molecular flexibility index (Phi) is 4.18. The van der Waals surface area contributed by atoms with E-state index < -0.39 is 4.92 Å². The average molecular weight is 274 g/mol. The van der Waals surface area contributed by atoms with Gasteiger partial charge in [-0.3, -0.25) is 10.1 Å². The first kappa shape index (κ1) is 14.3. The van der Waals surface area contributed by atoms with Crippen LogP contribution in [0.3, 0.4) is 0 Å². The molecule has 1 heterocycles. The molecule has 6 heteroatoms. The van der Waals surface area contributed by atoms with Crippen molar-refractivity contribution in [2.24, 2.45) is 11.8 Å². The van der Waals surface area contributed by atoms with Gasteiger partial charge >= 0.3 is 0 Å². The lowest BCUT2D eigenvalue weighted by Crippen LogP contribution is -2.30.